The van der Waals surface area contributed by atoms with Crippen LogP contribution in [0, 0.1) is 22.7 Å². The van der Waals surface area contributed by atoms with E-state index in [0.717, 1.165) is 5.56 Å². The van der Waals surface area contributed by atoms with Gasteiger partial charge in [0.05, 0.1) is 18.8 Å². The van der Waals surface area contributed by atoms with Gasteiger partial charge in [0, 0.05) is 5.92 Å². The van der Waals surface area contributed by atoms with E-state index in [-0.39, 0.29) is 17.2 Å². The molecule has 0 saturated carbocycles. The van der Waals surface area contributed by atoms with E-state index in [9.17, 15) is 10.1 Å². The first kappa shape index (κ1) is 19.2. The summed E-state index contributed by atoms with van der Waals surface area (Å²) < 4.78 is 16.1. The minimum atomic E-state index is -0.929. The van der Waals surface area contributed by atoms with Crippen molar-refractivity contribution in [1.29, 1.82) is 10.7 Å². The lowest BCUT2D eigenvalue weighted by Gasteiger charge is -2.30. The molecule has 0 bridgehead atoms. The topological polar surface area (TPSA) is 92.4 Å². The highest BCUT2D eigenvalue weighted by Crippen LogP contribution is 2.40. The van der Waals surface area contributed by atoms with Gasteiger partial charge in [-0.3, -0.25) is 5.41 Å². The van der Waals surface area contributed by atoms with Crippen LogP contribution >= 0.6 is 0 Å². The molecular weight excluding hydrogens is 356 g/mol. The first-order valence-corrected chi connectivity index (χ1v) is 8.76. The van der Waals surface area contributed by atoms with Crippen molar-refractivity contribution in [2.24, 2.45) is 5.92 Å². The second kappa shape index (κ2) is 8.40. The van der Waals surface area contributed by atoms with Gasteiger partial charge in [0.2, 0.25) is 5.90 Å². The lowest BCUT2D eigenvalue weighted by Crippen LogP contribution is -2.32. The fraction of sp³-hybridized carbons (Fsp3) is 0.227. The lowest BCUT2D eigenvalue weighted by atomic mass is 9.78. The Balaban J connectivity index is 1.95. The minimum absolute atomic E-state index is 0.187. The molecule has 0 saturated heterocycles. The van der Waals surface area contributed by atoms with Crippen molar-refractivity contribution >= 4 is 11.9 Å². The number of esters is 1. The van der Waals surface area contributed by atoms with Gasteiger partial charge in [0.1, 0.15) is 24.0 Å². The Morgan fingerprint density at radius 2 is 1.96 bits per heavy atom. The van der Waals surface area contributed by atoms with Crippen molar-refractivity contribution in [3.63, 3.8) is 0 Å². The maximum Gasteiger partial charge on any atom is 0.337 e. The molecule has 6 heteroatoms. The highest BCUT2D eigenvalue weighted by molar-refractivity contribution is 5.95. The van der Waals surface area contributed by atoms with E-state index in [0.29, 0.717) is 17.9 Å². The Hall–Kier alpha value is -3.59. The molecule has 1 N–H and O–H groups in total. The summed E-state index contributed by atoms with van der Waals surface area (Å²) in [5.74, 6) is -1.48. The number of methoxy groups -OCH3 is 1. The molecule has 0 fully saturated rings. The molecule has 3 rings (SSSR count). The predicted octanol–water partition coefficient (Wildman–Crippen LogP) is 3.94. The zero-order valence-corrected chi connectivity index (χ0v) is 15.6. The van der Waals surface area contributed by atoms with Crippen LogP contribution in [0.15, 0.2) is 65.9 Å². The maximum atomic E-state index is 12.4. The first-order valence-electron chi connectivity index (χ1n) is 8.76. The Kier molecular flexibility index (Phi) is 5.75. The highest BCUT2D eigenvalue weighted by atomic mass is 16.5. The number of rotatable bonds is 5. The Morgan fingerprint density at radius 3 is 2.64 bits per heavy atom. The molecule has 142 valence electrons. The van der Waals surface area contributed by atoms with Crippen LogP contribution < -0.4 is 4.74 Å². The van der Waals surface area contributed by atoms with Crippen LogP contribution in [0.25, 0.3) is 0 Å². The third-order valence-electron chi connectivity index (χ3n) is 4.58. The van der Waals surface area contributed by atoms with Crippen LogP contribution in [-0.4, -0.2) is 19.0 Å². The molecule has 0 aromatic heterocycles. The van der Waals surface area contributed by atoms with Gasteiger partial charge < -0.3 is 14.2 Å². The second-order valence-electron chi connectivity index (χ2n) is 6.36. The van der Waals surface area contributed by atoms with Crippen LogP contribution in [0.5, 0.6) is 5.75 Å². The number of allylic oxidation sites excluding steroid dienone is 1. The Morgan fingerprint density at radius 1 is 1.21 bits per heavy atom. The molecule has 2 atom stereocenters. The number of nitriles is 1. The third-order valence-corrected chi connectivity index (χ3v) is 4.58. The molecule has 28 heavy (non-hydrogen) atoms. The van der Waals surface area contributed by atoms with Crippen LogP contribution in [0.4, 0.5) is 0 Å². The smallest absolute Gasteiger partial charge is 0.337 e. The number of ether oxygens (including phenoxy) is 3. The molecule has 1 heterocycles. The summed E-state index contributed by atoms with van der Waals surface area (Å²) >= 11 is 0. The van der Waals surface area contributed by atoms with Crippen LogP contribution in [0.1, 0.15) is 24.0 Å². The Labute approximate surface area is 163 Å². The van der Waals surface area contributed by atoms with E-state index < -0.39 is 17.8 Å². The molecule has 0 spiro atoms. The average molecular weight is 376 g/mol. The van der Waals surface area contributed by atoms with Gasteiger partial charge in [-0.1, -0.05) is 42.5 Å². The second-order valence-corrected chi connectivity index (χ2v) is 6.36. The molecule has 0 amide bonds. The molecule has 1 aliphatic rings. The molecule has 1 aliphatic heterocycles. The van der Waals surface area contributed by atoms with Crippen molar-refractivity contribution in [2.45, 2.75) is 19.4 Å². The molecule has 2 aromatic carbocycles. The van der Waals surface area contributed by atoms with Gasteiger partial charge in [-0.05, 0) is 30.2 Å². The number of carbonyl (C=O) groups excluding carboxylic acids is 1. The van der Waals surface area contributed by atoms with Gasteiger partial charge in [-0.15, -0.1) is 0 Å². The third kappa shape index (κ3) is 3.89. The monoisotopic (exact) mass is 376 g/mol. The van der Waals surface area contributed by atoms with Gasteiger partial charge in [-0.25, -0.2) is 4.79 Å². The summed E-state index contributed by atoms with van der Waals surface area (Å²) in [7, 11) is 1.28. The van der Waals surface area contributed by atoms with Gasteiger partial charge in [0.15, 0.2) is 0 Å². The van der Waals surface area contributed by atoms with E-state index in [1.807, 2.05) is 36.4 Å². The standard InChI is InChI=1S/C22H20N2O4/c1-14-19(22(25)26-2)20(18(12-23)21(24)28-14)16-9-6-10-17(11-16)27-13-15-7-4-3-5-8-15/h3-11,18,20,24H,13H2,1-2H3. The predicted molar refractivity (Wildman–Crippen MR) is 103 cm³/mol. The number of benzene rings is 2. The fourth-order valence-electron chi connectivity index (χ4n) is 3.23. The molecular formula is C22H20N2O4. The van der Waals surface area contributed by atoms with E-state index >= 15 is 0 Å². The fourth-order valence-corrected chi connectivity index (χ4v) is 3.23. The van der Waals surface area contributed by atoms with Crippen molar-refractivity contribution in [3.05, 3.63) is 77.1 Å². The Bertz CT molecular complexity index is 960. The van der Waals surface area contributed by atoms with E-state index in [1.54, 1.807) is 25.1 Å². The summed E-state index contributed by atoms with van der Waals surface area (Å²) in [6, 6.07) is 19.0. The van der Waals surface area contributed by atoms with Crippen LogP contribution in [0.3, 0.4) is 0 Å². The van der Waals surface area contributed by atoms with Crippen molar-refractivity contribution < 1.29 is 19.0 Å². The zero-order chi connectivity index (χ0) is 20.1. The molecule has 6 nitrogen and oxygen atoms in total. The van der Waals surface area contributed by atoms with Gasteiger partial charge in [0.25, 0.3) is 0 Å². The summed E-state index contributed by atoms with van der Waals surface area (Å²) in [5.41, 5.74) is 1.96. The van der Waals surface area contributed by atoms with Gasteiger partial charge >= 0.3 is 5.97 Å². The van der Waals surface area contributed by atoms with E-state index in [4.69, 9.17) is 19.6 Å². The molecule has 0 aliphatic carbocycles. The summed E-state index contributed by atoms with van der Waals surface area (Å²) in [6.07, 6.45) is 0. The molecule has 2 unspecified atom stereocenters. The summed E-state index contributed by atoms with van der Waals surface area (Å²) in [4.78, 5) is 12.4. The number of carbonyl (C=O) groups is 1. The van der Waals surface area contributed by atoms with Crippen molar-refractivity contribution in [2.75, 3.05) is 7.11 Å². The lowest BCUT2D eigenvalue weighted by molar-refractivity contribution is -0.136. The number of nitrogens with one attached hydrogen (secondary N) is 1. The van der Waals surface area contributed by atoms with Crippen LogP contribution in [0.2, 0.25) is 0 Å². The quantitative estimate of drug-likeness (QED) is 0.798. The highest BCUT2D eigenvalue weighted by Gasteiger charge is 2.41. The van der Waals surface area contributed by atoms with Crippen molar-refractivity contribution in [1.82, 2.24) is 0 Å². The normalized spacial score (nSPS) is 18.8. The number of hydrogen-bond donors (Lipinski definition) is 1. The zero-order valence-electron chi connectivity index (χ0n) is 15.6. The number of hydrogen-bond acceptors (Lipinski definition) is 6. The minimum Gasteiger partial charge on any atom is -0.489 e. The van der Waals surface area contributed by atoms with Crippen molar-refractivity contribution in [3.8, 4) is 11.8 Å². The van der Waals surface area contributed by atoms with E-state index in [2.05, 4.69) is 6.07 Å². The largest absolute Gasteiger partial charge is 0.489 e. The van der Waals surface area contributed by atoms with E-state index in [1.165, 1.54) is 7.11 Å². The maximum absolute atomic E-state index is 12.4. The molecule has 0 radical (unpaired) electrons. The molecule has 2 aromatic rings. The summed E-state index contributed by atoms with van der Waals surface area (Å²) in [5, 5.41) is 17.6. The summed E-state index contributed by atoms with van der Waals surface area (Å²) in [6.45, 7) is 1.99. The van der Waals surface area contributed by atoms with Crippen LogP contribution in [-0.2, 0) is 20.9 Å². The first-order chi connectivity index (χ1) is 13.5. The average Bonchev–Trinajstić information content (AvgIpc) is 2.72. The SMILES string of the molecule is COC(=O)C1=C(C)OC(=N)C(C#N)C1c1cccc(OCc2ccccc2)c1. The number of nitrogens with zero attached hydrogens (tertiary/aromatic N) is 1. The van der Waals surface area contributed by atoms with Gasteiger partial charge in [-0.2, -0.15) is 5.26 Å².